The van der Waals surface area contributed by atoms with Crippen LogP contribution >= 0.6 is 0 Å². The molecule has 3 nitrogen and oxygen atoms in total. The van der Waals surface area contributed by atoms with Crippen molar-refractivity contribution in [2.75, 3.05) is 26.7 Å². The van der Waals surface area contributed by atoms with Gasteiger partial charge in [0.05, 0.1) is 0 Å². The number of amides is 1. The van der Waals surface area contributed by atoms with Gasteiger partial charge in [-0.15, -0.1) is 0 Å². The maximum Gasteiger partial charge on any atom is 0.246 e. The van der Waals surface area contributed by atoms with Gasteiger partial charge in [-0.3, -0.25) is 4.79 Å². The van der Waals surface area contributed by atoms with Crippen molar-refractivity contribution >= 4 is 12.0 Å². The minimum absolute atomic E-state index is 0.135. The minimum Gasteiger partial charge on any atom is -0.339 e. The van der Waals surface area contributed by atoms with Gasteiger partial charge < -0.3 is 10.2 Å². The fourth-order valence-electron chi connectivity index (χ4n) is 3.00. The number of nitrogens with one attached hydrogen (secondary N) is 1. The third-order valence-corrected chi connectivity index (χ3v) is 4.15. The van der Waals surface area contributed by atoms with E-state index in [4.69, 9.17) is 0 Å². The van der Waals surface area contributed by atoms with Crippen LogP contribution in [-0.2, 0) is 4.79 Å². The second kappa shape index (κ2) is 7.41. The fraction of sp³-hybridized carbons (Fsp3) is 0.500. The van der Waals surface area contributed by atoms with E-state index in [1.807, 2.05) is 18.0 Å². The molecule has 1 atom stereocenters. The summed E-state index contributed by atoms with van der Waals surface area (Å²) in [5.41, 5.74) is 3.59. The molecule has 114 valence electrons. The van der Waals surface area contributed by atoms with Crippen LogP contribution in [0, 0.1) is 19.8 Å². The summed E-state index contributed by atoms with van der Waals surface area (Å²) in [6.07, 6.45) is 5.99. The molecule has 0 saturated carbocycles. The summed E-state index contributed by atoms with van der Waals surface area (Å²) >= 11 is 0. The van der Waals surface area contributed by atoms with Crippen LogP contribution in [0.3, 0.4) is 0 Å². The Morgan fingerprint density at radius 2 is 2.24 bits per heavy atom. The molecule has 1 amide bonds. The van der Waals surface area contributed by atoms with E-state index in [2.05, 4.69) is 37.4 Å². The summed E-state index contributed by atoms with van der Waals surface area (Å²) < 4.78 is 0. The Kier molecular flexibility index (Phi) is 5.57. The van der Waals surface area contributed by atoms with Crippen molar-refractivity contribution in [2.24, 2.45) is 5.92 Å². The Morgan fingerprint density at radius 1 is 1.43 bits per heavy atom. The molecule has 0 aromatic heterocycles. The molecule has 0 radical (unpaired) electrons. The van der Waals surface area contributed by atoms with E-state index in [0.29, 0.717) is 5.92 Å². The highest BCUT2D eigenvalue weighted by Crippen LogP contribution is 2.17. The van der Waals surface area contributed by atoms with E-state index >= 15 is 0 Å². The molecule has 1 N–H and O–H groups in total. The van der Waals surface area contributed by atoms with Gasteiger partial charge >= 0.3 is 0 Å². The molecule has 21 heavy (non-hydrogen) atoms. The van der Waals surface area contributed by atoms with Crippen LogP contribution in [0.4, 0.5) is 0 Å². The van der Waals surface area contributed by atoms with E-state index in [0.717, 1.165) is 31.6 Å². The van der Waals surface area contributed by atoms with Crippen LogP contribution < -0.4 is 5.32 Å². The van der Waals surface area contributed by atoms with Crippen LogP contribution in [0.15, 0.2) is 24.3 Å². The van der Waals surface area contributed by atoms with Crippen molar-refractivity contribution in [3.8, 4) is 0 Å². The van der Waals surface area contributed by atoms with Crippen LogP contribution in [-0.4, -0.2) is 37.5 Å². The smallest absolute Gasteiger partial charge is 0.246 e. The van der Waals surface area contributed by atoms with Gasteiger partial charge in [0.25, 0.3) is 0 Å². The molecule has 2 rings (SSSR count). The van der Waals surface area contributed by atoms with Crippen LogP contribution in [0.2, 0.25) is 0 Å². The topological polar surface area (TPSA) is 32.3 Å². The lowest BCUT2D eigenvalue weighted by Gasteiger charge is -2.32. The van der Waals surface area contributed by atoms with E-state index < -0.39 is 0 Å². The van der Waals surface area contributed by atoms with Gasteiger partial charge in [-0.1, -0.05) is 23.8 Å². The zero-order chi connectivity index (χ0) is 15.2. The molecule has 1 unspecified atom stereocenters. The third-order valence-electron chi connectivity index (χ3n) is 4.15. The van der Waals surface area contributed by atoms with Crippen molar-refractivity contribution in [1.29, 1.82) is 0 Å². The third kappa shape index (κ3) is 4.43. The summed E-state index contributed by atoms with van der Waals surface area (Å²) in [4.78, 5) is 14.3. The first-order valence-electron chi connectivity index (χ1n) is 7.79. The second-order valence-electron chi connectivity index (χ2n) is 6.04. The quantitative estimate of drug-likeness (QED) is 0.863. The van der Waals surface area contributed by atoms with Gasteiger partial charge in [-0.2, -0.15) is 0 Å². The summed E-state index contributed by atoms with van der Waals surface area (Å²) in [5, 5.41) is 3.21. The average Bonchev–Trinajstić information content (AvgIpc) is 2.47. The first-order valence-corrected chi connectivity index (χ1v) is 7.79. The molecule has 1 aromatic carbocycles. The number of aryl methyl sites for hydroxylation is 2. The Balaban J connectivity index is 1.98. The van der Waals surface area contributed by atoms with E-state index in [1.165, 1.54) is 17.5 Å². The highest BCUT2D eigenvalue weighted by Gasteiger charge is 2.21. The zero-order valence-corrected chi connectivity index (χ0v) is 13.4. The molecule has 1 aliphatic heterocycles. The Morgan fingerprint density at radius 3 is 2.95 bits per heavy atom. The monoisotopic (exact) mass is 286 g/mol. The number of hydrogen-bond acceptors (Lipinski definition) is 2. The molecular weight excluding hydrogens is 260 g/mol. The Hall–Kier alpha value is -1.61. The summed E-state index contributed by atoms with van der Waals surface area (Å²) in [5.74, 6) is 0.720. The van der Waals surface area contributed by atoms with Crippen molar-refractivity contribution < 1.29 is 4.79 Å². The van der Waals surface area contributed by atoms with Crippen molar-refractivity contribution in [3.63, 3.8) is 0 Å². The van der Waals surface area contributed by atoms with E-state index in [1.54, 1.807) is 6.08 Å². The number of hydrogen-bond donors (Lipinski definition) is 1. The average molecular weight is 286 g/mol. The molecule has 1 aliphatic rings. The largest absolute Gasteiger partial charge is 0.339 e. The summed E-state index contributed by atoms with van der Waals surface area (Å²) in [6, 6.07) is 6.31. The molecule has 0 spiro atoms. The lowest BCUT2D eigenvalue weighted by molar-refractivity contribution is -0.127. The molecule has 3 heteroatoms. The predicted molar refractivity (Wildman–Crippen MR) is 88.2 cm³/mol. The fourth-order valence-corrected chi connectivity index (χ4v) is 3.00. The number of carbonyl (C=O) groups is 1. The molecule has 0 aliphatic carbocycles. The van der Waals surface area contributed by atoms with Gasteiger partial charge in [0.15, 0.2) is 0 Å². The van der Waals surface area contributed by atoms with Crippen molar-refractivity contribution in [1.82, 2.24) is 10.2 Å². The maximum absolute atomic E-state index is 12.3. The Bertz CT molecular complexity index is 520. The van der Waals surface area contributed by atoms with Gasteiger partial charge in [0, 0.05) is 19.2 Å². The second-order valence-corrected chi connectivity index (χ2v) is 6.04. The summed E-state index contributed by atoms with van der Waals surface area (Å²) in [6.45, 7) is 6.92. The van der Waals surface area contributed by atoms with Crippen LogP contribution in [0.1, 0.15) is 29.5 Å². The first-order chi connectivity index (χ1) is 10.1. The highest BCUT2D eigenvalue weighted by atomic mass is 16.2. The van der Waals surface area contributed by atoms with Gasteiger partial charge in [-0.25, -0.2) is 0 Å². The molecule has 1 heterocycles. The van der Waals surface area contributed by atoms with Crippen molar-refractivity contribution in [3.05, 3.63) is 41.0 Å². The zero-order valence-electron chi connectivity index (χ0n) is 13.4. The molecule has 1 saturated heterocycles. The van der Waals surface area contributed by atoms with Crippen LogP contribution in [0.5, 0.6) is 0 Å². The predicted octanol–water partition coefficient (Wildman–Crippen LogP) is 2.77. The number of nitrogens with zero attached hydrogens (tertiary/aromatic N) is 1. The van der Waals surface area contributed by atoms with Crippen LogP contribution in [0.25, 0.3) is 6.08 Å². The molecule has 1 aromatic rings. The number of carbonyl (C=O) groups excluding carboxylic acids is 1. The number of piperidine rings is 1. The lowest BCUT2D eigenvalue weighted by atomic mass is 9.98. The lowest BCUT2D eigenvalue weighted by Crippen LogP contribution is -2.41. The van der Waals surface area contributed by atoms with Gasteiger partial charge in [-0.05, 0) is 63.4 Å². The molecule has 0 bridgehead atoms. The normalized spacial score (nSPS) is 19.2. The molecule has 1 fully saturated rings. The molecular formula is C18H26N2O. The summed E-state index contributed by atoms with van der Waals surface area (Å²) in [7, 11) is 1.97. The SMILES string of the molecule is CNCC1CCCN(C(=O)/C=C/c2ccc(C)cc2C)C1. The van der Waals surface area contributed by atoms with Gasteiger partial charge in [0.2, 0.25) is 5.91 Å². The van der Waals surface area contributed by atoms with Gasteiger partial charge in [0.1, 0.15) is 0 Å². The van der Waals surface area contributed by atoms with E-state index in [9.17, 15) is 4.79 Å². The highest BCUT2D eigenvalue weighted by molar-refractivity contribution is 5.92. The van der Waals surface area contributed by atoms with E-state index in [-0.39, 0.29) is 5.91 Å². The number of likely N-dealkylation sites (tertiary alicyclic amines) is 1. The number of benzene rings is 1. The number of rotatable bonds is 4. The minimum atomic E-state index is 0.135. The Labute approximate surface area is 128 Å². The standard InChI is InChI=1S/C18H26N2O/c1-14-6-7-17(15(2)11-14)8-9-18(21)20-10-4-5-16(13-20)12-19-3/h6-9,11,16,19H,4-5,10,12-13H2,1-3H3/b9-8+. The van der Waals surface area contributed by atoms with Crippen molar-refractivity contribution in [2.45, 2.75) is 26.7 Å². The first kappa shape index (κ1) is 15.8. The maximum atomic E-state index is 12.3.